The fourth-order valence-electron chi connectivity index (χ4n) is 2.44. The molecule has 2 aromatic rings. The van der Waals surface area contributed by atoms with Gasteiger partial charge in [0, 0.05) is 3.57 Å². The molecule has 0 saturated carbocycles. The topological polar surface area (TPSA) is 63.7 Å². The van der Waals surface area contributed by atoms with Crippen molar-refractivity contribution in [3.05, 3.63) is 62.7 Å². The Morgan fingerprint density at radius 3 is 2.22 bits per heavy atom. The van der Waals surface area contributed by atoms with Crippen molar-refractivity contribution in [2.45, 2.75) is 6.92 Å². The third kappa shape index (κ3) is 2.63. The zero-order valence-electron chi connectivity index (χ0n) is 12.2. The lowest BCUT2D eigenvalue weighted by Gasteiger charge is -2.16. The molecule has 1 aliphatic heterocycles. The number of rotatable bonds is 3. The summed E-state index contributed by atoms with van der Waals surface area (Å²) in [6.07, 6.45) is 0. The summed E-state index contributed by atoms with van der Waals surface area (Å²) in [6, 6.07) is 11.5. The molecule has 5 nitrogen and oxygen atoms in total. The number of halogens is 1. The van der Waals surface area contributed by atoms with Crippen LogP contribution >= 0.6 is 22.6 Å². The third-order valence-corrected chi connectivity index (χ3v) is 4.36. The molecule has 0 unspecified atom stereocenters. The summed E-state index contributed by atoms with van der Waals surface area (Å²) in [7, 11) is 0. The van der Waals surface area contributed by atoms with E-state index in [1.54, 1.807) is 49.4 Å². The minimum Gasteiger partial charge on any atom is -0.462 e. The predicted octanol–water partition coefficient (Wildman–Crippen LogP) is 3.27. The predicted molar refractivity (Wildman–Crippen MR) is 92.7 cm³/mol. The van der Waals surface area contributed by atoms with Gasteiger partial charge in [-0.2, -0.15) is 0 Å². The highest BCUT2D eigenvalue weighted by Crippen LogP contribution is 2.32. The molecule has 23 heavy (non-hydrogen) atoms. The van der Waals surface area contributed by atoms with E-state index in [4.69, 9.17) is 4.74 Å². The van der Waals surface area contributed by atoms with Crippen molar-refractivity contribution in [2.24, 2.45) is 0 Å². The fraction of sp³-hybridized carbons (Fsp3) is 0.118. The highest BCUT2D eigenvalue weighted by molar-refractivity contribution is 14.1. The van der Waals surface area contributed by atoms with Gasteiger partial charge in [0.25, 0.3) is 11.8 Å². The second-order valence-electron chi connectivity index (χ2n) is 4.88. The zero-order chi connectivity index (χ0) is 16.6. The summed E-state index contributed by atoms with van der Waals surface area (Å²) in [5.41, 5.74) is 1.63. The van der Waals surface area contributed by atoms with Gasteiger partial charge >= 0.3 is 5.97 Å². The molecule has 0 spiro atoms. The van der Waals surface area contributed by atoms with E-state index >= 15 is 0 Å². The van der Waals surface area contributed by atoms with E-state index < -0.39 is 5.97 Å². The van der Waals surface area contributed by atoms with E-state index in [-0.39, 0.29) is 18.4 Å². The molecule has 0 bridgehead atoms. The number of anilines is 1. The van der Waals surface area contributed by atoms with Crippen LogP contribution in [0.1, 0.15) is 38.0 Å². The molecule has 0 aromatic heterocycles. The number of hydrogen-bond donors (Lipinski definition) is 0. The highest BCUT2D eigenvalue weighted by Gasteiger charge is 2.37. The van der Waals surface area contributed by atoms with Crippen molar-refractivity contribution in [3.63, 3.8) is 0 Å². The molecule has 0 radical (unpaired) electrons. The zero-order valence-corrected chi connectivity index (χ0v) is 14.4. The maximum Gasteiger partial charge on any atom is 0.338 e. The first-order valence-corrected chi connectivity index (χ1v) is 8.07. The Hall–Kier alpha value is -2.22. The SMILES string of the molecule is CCOC(=O)c1ccc(N2C(=O)c3ccccc3C2=O)c(I)c1. The molecule has 2 aromatic carbocycles. The van der Waals surface area contributed by atoms with Gasteiger partial charge in [-0.3, -0.25) is 9.59 Å². The molecule has 0 fully saturated rings. The summed E-state index contributed by atoms with van der Waals surface area (Å²) < 4.78 is 5.58. The minimum atomic E-state index is -0.431. The van der Waals surface area contributed by atoms with E-state index in [1.165, 1.54) is 0 Å². The number of ether oxygens (including phenoxy) is 1. The quantitative estimate of drug-likeness (QED) is 0.434. The van der Waals surface area contributed by atoms with Crippen LogP contribution in [0.4, 0.5) is 5.69 Å². The van der Waals surface area contributed by atoms with Gasteiger partial charge in [0.05, 0.1) is 29.0 Å². The molecule has 0 atom stereocenters. The van der Waals surface area contributed by atoms with E-state index in [2.05, 4.69) is 0 Å². The molecule has 1 heterocycles. The molecule has 0 aliphatic carbocycles. The number of carbonyl (C=O) groups excluding carboxylic acids is 3. The maximum absolute atomic E-state index is 12.5. The molecule has 0 N–H and O–H groups in total. The van der Waals surface area contributed by atoms with E-state index in [1.807, 2.05) is 22.6 Å². The Balaban J connectivity index is 1.99. The van der Waals surface area contributed by atoms with Crippen molar-refractivity contribution in [1.82, 2.24) is 0 Å². The van der Waals surface area contributed by atoms with Crippen LogP contribution in [0.15, 0.2) is 42.5 Å². The molecule has 1 aliphatic rings. The van der Waals surface area contributed by atoms with Crippen molar-refractivity contribution >= 4 is 46.1 Å². The van der Waals surface area contributed by atoms with Gasteiger partial charge < -0.3 is 4.74 Å². The van der Waals surface area contributed by atoms with E-state index in [9.17, 15) is 14.4 Å². The average molecular weight is 421 g/mol. The van der Waals surface area contributed by atoms with Crippen LogP contribution in [0, 0.1) is 3.57 Å². The van der Waals surface area contributed by atoms with Gasteiger partial charge in [0.1, 0.15) is 0 Å². The third-order valence-electron chi connectivity index (χ3n) is 3.49. The Morgan fingerprint density at radius 1 is 1.09 bits per heavy atom. The first kappa shape index (κ1) is 15.7. The molecular formula is C17H12INO4. The first-order chi connectivity index (χ1) is 11.0. The molecule has 3 rings (SSSR count). The Labute approximate surface area is 146 Å². The summed E-state index contributed by atoms with van der Waals surface area (Å²) in [4.78, 5) is 37.9. The normalized spacial score (nSPS) is 13.2. The van der Waals surface area contributed by atoms with Crippen LogP contribution in [0.5, 0.6) is 0 Å². The summed E-state index contributed by atoms with van der Waals surface area (Å²) in [5.74, 6) is -1.14. The summed E-state index contributed by atoms with van der Waals surface area (Å²) >= 11 is 2.00. The largest absolute Gasteiger partial charge is 0.462 e. The average Bonchev–Trinajstić information content (AvgIpc) is 2.80. The van der Waals surface area contributed by atoms with Crippen LogP contribution in [-0.2, 0) is 4.74 Å². The number of fused-ring (bicyclic) bond motifs is 1. The lowest BCUT2D eigenvalue weighted by Crippen LogP contribution is -2.30. The number of amides is 2. The van der Waals surface area contributed by atoms with Crippen molar-refractivity contribution < 1.29 is 19.1 Å². The van der Waals surface area contributed by atoms with Crippen LogP contribution in [0.2, 0.25) is 0 Å². The first-order valence-electron chi connectivity index (χ1n) is 6.99. The van der Waals surface area contributed by atoms with Crippen molar-refractivity contribution in [3.8, 4) is 0 Å². The van der Waals surface area contributed by atoms with Gasteiger partial charge in [-0.05, 0) is 59.8 Å². The van der Waals surface area contributed by atoms with Crippen LogP contribution < -0.4 is 4.90 Å². The van der Waals surface area contributed by atoms with Crippen LogP contribution in [0.25, 0.3) is 0 Å². The van der Waals surface area contributed by atoms with Gasteiger partial charge in [-0.1, -0.05) is 12.1 Å². The monoisotopic (exact) mass is 421 g/mol. The maximum atomic E-state index is 12.5. The van der Waals surface area contributed by atoms with Gasteiger partial charge in [0.2, 0.25) is 0 Å². The molecular weight excluding hydrogens is 409 g/mol. The summed E-state index contributed by atoms with van der Waals surface area (Å²) in [5, 5.41) is 0. The Bertz CT molecular complexity index is 796. The Kier molecular flexibility index (Phi) is 4.16. The van der Waals surface area contributed by atoms with Gasteiger partial charge in [-0.25, -0.2) is 9.69 Å². The summed E-state index contributed by atoms with van der Waals surface area (Å²) in [6.45, 7) is 2.02. The number of nitrogens with zero attached hydrogens (tertiary/aromatic N) is 1. The van der Waals surface area contributed by atoms with Crippen LogP contribution in [-0.4, -0.2) is 24.4 Å². The standard InChI is InChI=1S/C17H12INO4/c1-2-23-17(22)10-7-8-14(13(18)9-10)19-15(20)11-5-3-4-6-12(11)16(19)21/h3-9H,2H2,1H3. The number of hydrogen-bond acceptors (Lipinski definition) is 4. The highest BCUT2D eigenvalue weighted by atomic mass is 127. The van der Waals surface area contributed by atoms with Gasteiger partial charge in [-0.15, -0.1) is 0 Å². The number of esters is 1. The number of imide groups is 1. The molecule has 2 amide bonds. The second kappa shape index (κ2) is 6.11. The van der Waals surface area contributed by atoms with Gasteiger partial charge in [0.15, 0.2) is 0 Å². The fourth-order valence-corrected chi connectivity index (χ4v) is 3.19. The van der Waals surface area contributed by atoms with Crippen LogP contribution in [0.3, 0.4) is 0 Å². The number of benzene rings is 2. The Morgan fingerprint density at radius 2 is 1.70 bits per heavy atom. The molecule has 116 valence electrons. The van der Waals surface area contributed by atoms with Crippen molar-refractivity contribution in [1.29, 1.82) is 0 Å². The lowest BCUT2D eigenvalue weighted by atomic mass is 10.1. The molecule has 0 saturated heterocycles. The molecule has 6 heteroatoms. The van der Waals surface area contributed by atoms with E-state index in [0.29, 0.717) is 25.9 Å². The minimum absolute atomic E-state index is 0.287. The lowest BCUT2D eigenvalue weighted by molar-refractivity contribution is 0.0526. The van der Waals surface area contributed by atoms with E-state index in [0.717, 1.165) is 4.90 Å². The van der Waals surface area contributed by atoms with Crippen molar-refractivity contribution in [2.75, 3.05) is 11.5 Å². The second-order valence-corrected chi connectivity index (χ2v) is 6.04. The smallest absolute Gasteiger partial charge is 0.338 e. The number of carbonyl (C=O) groups is 3.